The molecule has 0 unspecified atom stereocenters. The Hall–Kier alpha value is -1.46. The van der Waals surface area contributed by atoms with Crippen LogP contribution < -0.4 is 5.43 Å². The smallest absolute Gasteiger partial charge is 0.153 e. The third-order valence-electron chi connectivity index (χ3n) is 2.16. The van der Waals surface area contributed by atoms with E-state index in [0.29, 0.717) is 4.32 Å². The van der Waals surface area contributed by atoms with Crippen LogP contribution in [0.5, 0.6) is 0 Å². The minimum atomic E-state index is 0.641. The van der Waals surface area contributed by atoms with Crippen LogP contribution in [0.1, 0.15) is 5.69 Å². The molecule has 2 rings (SSSR count). The van der Waals surface area contributed by atoms with Crippen LogP contribution in [0.4, 0.5) is 0 Å². The first-order chi connectivity index (χ1) is 8.29. The number of hydrazone groups is 1. The van der Waals surface area contributed by atoms with Crippen molar-refractivity contribution in [1.82, 2.24) is 10.4 Å². The first-order valence-corrected chi connectivity index (χ1v) is 6.66. The minimum absolute atomic E-state index is 0.641. The number of nitrogens with one attached hydrogen (secondary N) is 1. The third kappa shape index (κ3) is 3.25. The normalized spacial score (nSPS) is 10.9. The van der Waals surface area contributed by atoms with Crippen LogP contribution in [0.2, 0.25) is 0 Å². The fourth-order valence-corrected chi connectivity index (χ4v) is 1.55. The quantitative estimate of drug-likeness (QED) is 0.512. The summed E-state index contributed by atoms with van der Waals surface area (Å²) in [5, 5.41) is 5.14. The molecule has 86 valence electrons. The van der Waals surface area contributed by atoms with Gasteiger partial charge in [-0.3, -0.25) is 5.43 Å². The average Bonchev–Trinajstić information content (AvgIpc) is 2.38. The molecule has 0 fully saturated rings. The second-order valence-corrected chi connectivity index (χ2v) is 4.77. The summed E-state index contributed by atoms with van der Waals surface area (Å²) in [6.45, 7) is 0. The summed E-state index contributed by atoms with van der Waals surface area (Å²) in [5.74, 6) is 0. The molecule has 0 atom stereocenters. The molecule has 0 aliphatic carbocycles. The molecule has 3 nitrogen and oxygen atoms in total. The molecule has 0 saturated heterocycles. The van der Waals surface area contributed by atoms with E-state index in [1.54, 1.807) is 6.21 Å². The van der Waals surface area contributed by atoms with Gasteiger partial charge in [0, 0.05) is 5.39 Å². The zero-order valence-electron chi connectivity index (χ0n) is 9.25. The van der Waals surface area contributed by atoms with E-state index in [1.165, 1.54) is 11.8 Å². The molecule has 1 heterocycles. The maximum atomic E-state index is 4.97. The molecule has 17 heavy (non-hydrogen) atoms. The average molecular weight is 261 g/mol. The van der Waals surface area contributed by atoms with Gasteiger partial charge in [-0.05, 0) is 18.4 Å². The van der Waals surface area contributed by atoms with E-state index in [2.05, 4.69) is 15.5 Å². The van der Waals surface area contributed by atoms with Crippen molar-refractivity contribution < 1.29 is 0 Å². The number of nitrogens with zero attached hydrogens (tertiary/aromatic N) is 2. The van der Waals surface area contributed by atoms with Crippen LogP contribution in [0.15, 0.2) is 41.5 Å². The van der Waals surface area contributed by atoms with Gasteiger partial charge in [0.25, 0.3) is 0 Å². The number of benzene rings is 1. The van der Waals surface area contributed by atoms with Crippen LogP contribution in [0.25, 0.3) is 10.9 Å². The van der Waals surface area contributed by atoms with Crippen LogP contribution in [-0.4, -0.2) is 21.8 Å². The van der Waals surface area contributed by atoms with Crippen LogP contribution in [0, 0.1) is 0 Å². The Labute approximate surface area is 109 Å². The molecule has 0 spiro atoms. The predicted octanol–water partition coefficient (Wildman–Crippen LogP) is 2.81. The van der Waals surface area contributed by atoms with Crippen LogP contribution in [-0.2, 0) is 0 Å². The van der Waals surface area contributed by atoms with E-state index < -0.39 is 0 Å². The van der Waals surface area contributed by atoms with Gasteiger partial charge in [0.1, 0.15) is 0 Å². The Morgan fingerprint density at radius 2 is 2.18 bits per heavy atom. The van der Waals surface area contributed by atoms with Gasteiger partial charge in [0.2, 0.25) is 0 Å². The Kier molecular flexibility index (Phi) is 4.06. The van der Waals surface area contributed by atoms with Crippen LogP contribution in [0.3, 0.4) is 0 Å². The van der Waals surface area contributed by atoms with Crippen molar-refractivity contribution in [1.29, 1.82) is 0 Å². The Morgan fingerprint density at radius 3 is 3.00 bits per heavy atom. The summed E-state index contributed by atoms with van der Waals surface area (Å²) < 4.78 is 0.641. The fraction of sp³-hybridized carbons (Fsp3) is 0.0833. The largest absolute Gasteiger partial charge is 0.262 e. The highest BCUT2D eigenvalue weighted by Gasteiger charge is 1.95. The van der Waals surface area contributed by atoms with E-state index in [-0.39, 0.29) is 0 Å². The molecular formula is C12H11N3S2. The molecule has 0 aliphatic heterocycles. The van der Waals surface area contributed by atoms with Crippen LogP contribution >= 0.6 is 24.0 Å². The van der Waals surface area contributed by atoms with E-state index in [0.717, 1.165) is 16.6 Å². The number of fused-ring (bicyclic) bond motifs is 1. The maximum Gasteiger partial charge on any atom is 0.153 e. The molecule has 5 heteroatoms. The summed E-state index contributed by atoms with van der Waals surface area (Å²) in [5.41, 5.74) is 4.52. The van der Waals surface area contributed by atoms with Crippen molar-refractivity contribution in [2.24, 2.45) is 5.10 Å². The summed E-state index contributed by atoms with van der Waals surface area (Å²) in [4.78, 5) is 4.46. The van der Waals surface area contributed by atoms with Gasteiger partial charge in [0.05, 0.1) is 17.4 Å². The lowest BCUT2D eigenvalue weighted by molar-refractivity contribution is 1.07. The number of hydrogen-bond acceptors (Lipinski definition) is 4. The second kappa shape index (κ2) is 5.75. The summed E-state index contributed by atoms with van der Waals surface area (Å²) in [6, 6.07) is 11.9. The van der Waals surface area contributed by atoms with Crippen molar-refractivity contribution >= 4 is 45.4 Å². The molecule has 0 saturated carbocycles. The summed E-state index contributed by atoms with van der Waals surface area (Å²) in [6.07, 6.45) is 3.56. The number of aromatic nitrogens is 1. The lowest BCUT2D eigenvalue weighted by atomic mass is 10.2. The number of hydrogen-bond donors (Lipinski definition) is 1. The molecule has 1 aromatic heterocycles. The summed E-state index contributed by atoms with van der Waals surface area (Å²) in [7, 11) is 0. The molecule has 0 aliphatic rings. The molecule has 1 aromatic carbocycles. The molecule has 0 bridgehead atoms. The van der Waals surface area contributed by atoms with Crippen molar-refractivity contribution in [2.75, 3.05) is 6.26 Å². The maximum absolute atomic E-state index is 4.97. The van der Waals surface area contributed by atoms with Crippen molar-refractivity contribution in [2.45, 2.75) is 0 Å². The summed E-state index contributed by atoms with van der Waals surface area (Å²) >= 11 is 6.41. The topological polar surface area (TPSA) is 37.3 Å². The van der Waals surface area contributed by atoms with Crippen molar-refractivity contribution in [3.63, 3.8) is 0 Å². The zero-order chi connectivity index (χ0) is 12.1. The molecular weight excluding hydrogens is 250 g/mol. The Morgan fingerprint density at radius 1 is 1.35 bits per heavy atom. The van der Waals surface area contributed by atoms with Crippen molar-refractivity contribution in [3.05, 3.63) is 42.1 Å². The number of thiocarbonyl (C=S) groups is 1. The standard InChI is InChI=1S/C12H11N3S2/c1-17-12(16)15-13-8-10-7-6-9-4-2-3-5-11(9)14-10/h2-8H,1H3,(H,15,16)/b13-8+. The fourth-order valence-electron chi connectivity index (χ4n) is 1.35. The lowest BCUT2D eigenvalue weighted by Gasteiger charge is -1.99. The van der Waals surface area contributed by atoms with Gasteiger partial charge in [-0.2, -0.15) is 5.10 Å². The third-order valence-corrected chi connectivity index (χ3v) is 3.21. The highest BCUT2D eigenvalue weighted by Crippen LogP contribution is 2.10. The monoisotopic (exact) mass is 261 g/mol. The van der Waals surface area contributed by atoms with Gasteiger partial charge in [-0.25, -0.2) is 4.98 Å². The lowest BCUT2D eigenvalue weighted by Crippen LogP contribution is -2.10. The minimum Gasteiger partial charge on any atom is -0.262 e. The second-order valence-electron chi connectivity index (χ2n) is 3.29. The van der Waals surface area contributed by atoms with Gasteiger partial charge in [0.15, 0.2) is 4.32 Å². The number of pyridine rings is 1. The highest BCUT2D eigenvalue weighted by molar-refractivity contribution is 8.22. The van der Waals surface area contributed by atoms with E-state index in [1.807, 2.05) is 42.7 Å². The SMILES string of the molecule is CSC(=S)N/N=C/c1ccc2ccccc2n1. The van der Waals surface area contributed by atoms with E-state index in [9.17, 15) is 0 Å². The van der Waals surface area contributed by atoms with Gasteiger partial charge < -0.3 is 0 Å². The van der Waals surface area contributed by atoms with E-state index in [4.69, 9.17) is 12.2 Å². The van der Waals surface area contributed by atoms with E-state index >= 15 is 0 Å². The first kappa shape index (κ1) is 12.0. The van der Waals surface area contributed by atoms with Gasteiger partial charge in [-0.15, -0.1) is 0 Å². The Balaban J connectivity index is 2.16. The Bertz CT molecular complexity index is 566. The van der Waals surface area contributed by atoms with Gasteiger partial charge >= 0.3 is 0 Å². The molecule has 0 amide bonds. The predicted molar refractivity (Wildman–Crippen MR) is 78.6 cm³/mol. The number of para-hydroxylation sites is 1. The number of rotatable bonds is 2. The highest BCUT2D eigenvalue weighted by atomic mass is 32.2. The van der Waals surface area contributed by atoms with Crippen molar-refractivity contribution in [3.8, 4) is 0 Å². The van der Waals surface area contributed by atoms with Gasteiger partial charge in [-0.1, -0.05) is 48.2 Å². The first-order valence-electron chi connectivity index (χ1n) is 5.02. The molecule has 0 radical (unpaired) electrons. The zero-order valence-corrected chi connectivity index (χ0v) is 10.9. The number of thioether (sulfide) groups is 1. The molecule has 1 N–H and O–H groups in total. The molecule has 2 aromatic rings.